The largest absolute Gasteiger partial charge is 0.394 e. The van der Waals surface area contributed by atoms with Crippen LogP contribution in [0.15, 0.2) is 17.1 Å². The van der Waals surface area contributed by atoms with Crippen molar-refractivity contribution in [3.63, 3.8) is 0 Å². The van der Waals surface area contributed by atoms with Crippen molar-refractivity contribution < 1.29 is 23.7 Å². The monoisotopic (exact) mass is 302 g/mol. The van der Waals surface area contributed by atoms with Gasteiger partial charge in [0, 0.05) is 6.20 Å². The minimum absolute atomic E-state index is 0. The second kappa shape index (κ2) is 5.37. The summed E-state index contributed by atoms with van der Waals surface area (Å²) < 4.78 is 32.7. The van der Waals surface area contributed by atoms with E-state index in [2.05, 4.69) is 4.98 Å². The van der Waals surface area contributed by atoms with Crippen LogP contribution >= 0.6 is 12.4 Å². The van der Waals surface area contributed by atoms with E-state index in [1.54, 1.807) is 0 Å². The summed E-state index contributed by atoms with van der Waals surface area (Å²) in [5, 5.41) is 18.1. The SMILES string of the molecule is Cl.Nc1cc[15n]([C@@H]2O[C@@H](CO)[C@@H](O)C2(F)F)[13c](=O)[15n]1. The molecule has 1 aromatic heterocycles. The molecule has 3 atom stereocenters. The molecule has 1 aliphatic heterocycles. The van der Waals surface area contributed by atoms with Gasteiger partial charge in [0.05, 0.1) is 6.61 Å². The van der Waals surface area contributed by atoms with Crippen molar-refractivity contribution in [2.75, 3.05) is 12.3 Å². The van der Waals surface area contributed by atoms with Crippen molar-refractivity contribution in [2.45, 2.75) is 24.4 Å². The predicted octanol–water partition coefficient (Wildman–Crippen LogP) is -0.867. The zero-order valence-corrected chi connectivity index (χ0v) is 10.3. The maximum absolute atomic E-state index is 13.7. The third-order valence-corrected chi connectivity index (χ3v) is 2.66. The lowest BCUT2D eigenvalue weighted by Crippen LogP contribution is -2.41. The van der Waals surface area contributed by atoms with Gasteiger partial charge in [-0.2, -0.15) is 13.8 Å². The second-order valence-corrected chi connectivity index (χ2v) is 3.87. The van der Waals surface area contributed by atoms with E-state index in [0.717, 1.165) is 12.3 Å². The standard InChI is InChI=1S/C9H11F2N3O4.ClH/c10-9(11)6(16)4(3-15)18-7(9)14-2-1-5(12)13-8(14)17;/h1-2,4,6-7,15-16H,3H2,(H2,12,13,17);1H/t4-,6+,7+;/m0./s1/i8+1,13+1,14+1;. The summed E-state index contributed by atoms with van der Waals surface area (Å²) in [6.07, 6.45) is -4.69. The highest BCUT2D eigenvalue weighted by Crippen LogP contribution is 2.41. The van der Waals surface area contributed by atoms with E-state index in [9.17, 15) is 18.7 Å². The number of hydrogen-bond donors (Lipinski definition) is 3. The lowest BCUT2D eigenvalue weighted by Gasteiger charge is -2.20. The van der Waals surface area contributed by atoms with Crippen molar-refractivity contribution in [1.29, 1.82) is 0 Å². The van der Waals surface area contributed by atoms with E-state index in [4.69, 9.17) is 15.6 Å². The number of halogens is 3. The Morgan fingerprint density at radius 3 is 2.68 bits per heavy atom. The molecule has 0 bridgehead atoms. The number of rotatable bonds is 2. The molecule has 1 aromatic rings. The molecule has 0 spiro atoms. The summed E-state index contributed by atoms with van der Waals surface area (Å²) in [5.41, 5.74) is 4.21. The number of aromatic nitrogens is 2. The van der Waals surface area contributed by atoms with Crippen LogP contribution in [0.4, 0.5) is 14.6 Å². The number of nitrogens with two attached hydrogens (primary N) is 1. The van der Waals surface area contributed by atoms with E-state index in [1.165, 1.54) is 0 Å². The van der Waals surface area contributed by atoms with Crippen LogP contribution < -0.4 is 11.4 Å². The Balaban J connectivity index is 0.00000180. The van der Waals surface area contributed by atoms with Gasteiger partial charge in [0.15, 0.2) is 6.10 Å². The molecule has 0 unspecified atom stereocenters. The number of alkyl halides is 2. The Morgan fingerprint density at radius 1 is 1.58 bits per heavy atom. The van der Waals surface area contributed by atoms with Crippen molar-refractivity contribution in [2.24, 2.45) is 0 Å². The topological polar surface area (TPSA) is 111 Å². The van der Waals surface area contributed by atoms with Crippen LogP contribution in [0.1, 0.15) is 6.23 Å². The third kappa shape index (κ3) is 2.54. The molecule has 2 heterocycles. The van der Waals surface area contributed by atoms with Crippen LogP contribution in [0.2, 0.25) is 0 Å². The average Bonchev–Trinajstić information content (AvgIpc) is 2.52. The zero-order valence-electron chi connectivity index (χ0n) is 9.44. The van der Waals surface area contributed by atoms with E-state index < -0.39 is 36.7 Å². The minimum Gasteiger partial charge on any atom is -0.394 e. The molecule has 2 rings (SSSR count). The molecule has 1 aliphatic rings. The first kappa shape index (κ1) is 15.8. The second-order valence-electron chi connectivity index (χ2n) is 3.87. The first-order chi connectivity index (χ1) is 8.37. The van der Waals surface area contributed by atoms with Gasteiger partial charge in [0.2, 0.25) is 6.23 Å². The van der Waals surface area contributed by atoms with E-state index in [0.29, 0.717) is 4.57 Å². The normalized spacial score (nSPS) is 28.9. The van der Waals surface area contributed by atoms with Gasteiger partial charge in [-0.15, -0.1) is 12.4 Å². The molecule has 0 aliphatic carbocycles. The summed E-state index contributed by atoms with van der Waals surface area (Å²) in [6.45, 7) is -0.787. The fourth-order valence-corrected chi connectivity index (χ4v) is 1.72. The summed E-state index contributed by atoms with van der Waals surface area (Å²) in [4.78, 5) is 14.7. The summed E-state index contributed by atoms with van der Waals surface area (Å²) in [5.74, 6) is -3.83. The fourth-order valence-electron chi connectivity index (χ4n) is 1.72. The number of hydrogen-bond acceptors (Lipinski definition) is 6. The highest BCUT2D eigenvalue weighted by Gasteiger charge is 2.59. The number of nitrogens with zero attached hydrogens (tertiary/aromatic N) is 2. The Morgan fingerprint density at radius 2 is 2.21 bits per heavy atom. The average molecular weight is 303 g/mol. The minimum atomic E-state index is -3.71. The maximum Gasteiger partial charge on any atom is 0.351 e. The van der Waals surface area contributed by atoms with Gasteiger partial charge in [0.1, 0.15) is 11.9 Å². The molecule has 0 aromatic carbocycles. The van der Waals surface area contributed by atoms with Gasteiger partial charge in [0.25, 0.3) is 0 Å². The third-order valence-electron chi connectivity index (χ3n) is 2.66. The fraction of sp³-hybridized carbons (Fsp3) is 0.556. The molecular formula is C9H12ClF2N3O4. The van der Waals surface area contributed by atoms with Crippen molar-refractivity contribution in [1.82, 2.24) is 9.55 Å². The number of nitrogen functional groups attached to an aromatic ring is 1. The van der Waals surface area contributed by atoms with Crippen LogP contribution in [0.3, 0.4) is 0 Å². The number of ether oxygens (including phenoxy) is 1. The van der Waals surface area contributed by atoms with Crippen molar-refractivity contribution >= 4 is 18.2 Å². The zero-order chi connectivity index (χ0) is 13.5. The molecule has 0 amide bonds. The van der Waals surface area contributed by atoms with Gasteiger partial charge in [-0.25, -0.2) is 4.79 Å². The molecule has 0 radical (unpaired) electrons. The smallest absolute Gasteiger partial charge is 0.351 e. The number of aliphatic hydroxyl groups is 2. The lowest BCUT2D eigenvalue weighted by molar-refractivity contribution is -0.140. The van der Waals surface area contributed by atoms with Gasteiger partial charge < -0.3 is 20.7 Å². The Hall–Kier alpha value is -1.29. The maximum atomic E-state index is 13.7. The van der Waals surface area contributed by atoms with Crippen molar-refractivity contribution in [3.8, 4) is 0 Å². The Labute approximate surface area is 112 Å². The van der Waals surface area contributed by atoms with Crippen LogP contribution in [-0.4, -0.2) is 44.5 Å². The molecule has 108 valence electrons. The summed E-state index contributed by atoms with van der Waals surface area (Å²) >= 11 is 0. The first-order valence-electron chi connectivity index (χ1n) is 5.04. The van der Waals surface area contributed by atoms with Gasteiger partial charge in [-0.3, -0.25) is 4.57 Å². The molecular weight excluding hydrogens is 291 g/mol. The van der Waals surface area contributed by atoms with Gasteiger partial charge in [-0.05, 0) is 6.07 Å². The van der Waals surface area contributed by atoms with Gasteiger partial charge in [-0.1, -0.05) is 0 Å². The molecule has 10 heteroatoms. The quantitative estimate of drug-likeness (QED) is 0.655. The number of aliphatic hydroxyl groups excluding tert-OH is 2. The van der Waals surface area contributed by atoms with Crippen LogP contribution in [-0.2, 0) is 4.74 Å². The van der Waals surface area contributed by atoms with Crippen LogP contribution in [0, 0.1) is 0 Å². The molecule has 19 heavy (non-hydrogen) atoms. The molecule has 0 saturated carbocycles. The Kier molecular flexibility index (Phi) is 4.46. The summed E-state index contributed by atoms with van der Waals surface area (Å²) in [6, 6.07) is 1.15. The van der Waals surface area contributed by atoms with E-state index in [1.807, 2.05) is 0 Å². The predicted molar refractivity (Wildman–Crippen MR) is 62.1 cm³/mol. The molecule has 7 nitrogen and oxygen atoms in total. The van der Waals surface area contributed by atoms with E-state index in [-0.39, 0.29) is 18.2 Å². The molecule has 4 N–H and O–H groups in total. The Bertz CT molecular complexity index is 512. The lowest BCUT2D eigenvalue weighted by atomic mass is 10.1. The van der Waals surface area contributed by atoms with Crippen LogP contribution in [0.5, 0.6) is 0 Å². The van der Waals surface area contributed by atoms with Crippen molar-refractivity contribution in [3.05, 3.63) is 22.7 Å². The first-order valence-corrected chi connectivity index (χ1v) is 5.04. The highest BCUT2D eigenvalue weighted by atomic mass is 35.5. The highest BCUT2D eigenvalue weighted by molar-refractivity contribution is 5.85. The molecule has 1 saturated heterocycles. The number of anilines is 1. The van der Waals surface area contributed by atoms with Gasteiger partial charge >= 0.3 is 11.6 Å². The van der Waals surface area contributed by atoms with E-state index >= 15 is 0 Å². The summed E-state index contributed by atoms with van der Waals surface area (Å²) in [7, 11) is 0. The molecule has 1 fully saturated rings. The van der Waals surface area contributed by atoms with Crippen LogP contribution in [0.25, 0.3) is 0 Å².